The molecule has 0 unspecified atom stereocenters. The van der Waals surface area contributed by atoms with E-state index in [4.69, 9.17) is 0 Å². The van der Waals surface area contributed by atoms with E-state index in [1.165, 1.54) is 44.5 Å². The van der Waals surface area contributed by atoms with Crippen molar-refractivity contribution in [3.05, 3.63) is 24.3 Å². The molecule has 1 heterocycles. The molecule has 1 amide bonds. The molecule has 4 heteroatoms. The molecule has 1 aliphatic carbocycles. The third-order valence-corrected chi connectivity index (χ3v) is 5.47. The number of anilines is 2. The quantitative estimate of drug-likeness (QED) is 0.828. The van der Waals surface area contributed by atoms with E-state index < -0.39 is 0 Å². The molecule has 1 saturated carbocycles. The van der Waals surface area contributed by atoms with Gasteiger partial charge >= 0.3 is 0 Å². The third kappa shape index (κ3) is 4.50. The van der Waals surface area contributed by atoms with Crippen LogP contribution >= 0.6 is 0 Å². The number of likely N-dealkylation sites (tertiary alicyclic amines) is 1. The molecule has 2 fully saturated rings. The minimum absolute atomic E-state index is 0.162. The van der Waals surface area contributed by atoms with E-state index >= 15 is 0 Å². The summed E-state index contributed by atoms with van der Waals surface area (Å²) >= 11 is 0. The van der Waals surface area contributed by atoms with Crippen LogP contribution in [-0.4, -0.2) is 43.0 Å². The number of hydrogen-bond acceptors (Lipinski definition) is 3. The van der Waals surface area contributed by atoms with Gasteiger partial charge in [-0.3, -0.25) is 4.79 Å². The van der Waals surface area contributed by atoms with Crippen LogP contribution in [0, 0.1) is 5.92 Å². The topological polar surface area (TPSA) is 35.6 Å². The monoisotopic (exact) mass is 329 g/mol. The van der Waals surface area contributed by atoms with Gasteiger partial charge in [-0.25, -0.2) is 0 Å². The zero-order chi connectivity index (χ0) is 16.9. The molecule has 1 N–H and O–H groups in total. The average Bonchev–Trinajstić information content (AvgIpc) is 3.43. The fraction of sp³-hybridized carbons (Fsp3) is 0.650. The summed E-state index contributed by atoms with van der Waals surface area (Å²) in [6.07, 6.45) is 5.77. The van der Waals surface area contributed by atoms with Gasteiger partial charge in [-0.2, -0.15) is 0 Å². The molecule has 0 radical (unpaired) electrons. The van der Waals surface area contributed by atoms with E-state index in [2.05, 4.69) is 41.1 Å². The number of benzene rings is 1. The lowest BCUT2D eigenvalue weighted by molar-refractivity contribution is -0.117. The number of nitrogens with zero attached hydrogens (tertiary/aromatic N) is 2. The number of hydrogen-bond donors (Lipinski definition) is 1. The summed E-state index contributed by atoms with van der Waals surface area (Å²) in [6.45, 7) is 8.69. The molecule has 1 aliphatic heterocycles. The maximum Gasteiger partial charge on any atom is 0.224 e. The van der Waals surface area contributed by atoms with Crippen LogP contribution in [0.25, 0.3) is 0 Å². The molecule has 0 spiro atoms. The molecule has 0 aromatic heterocycles. The summed E-state index contributed by atoms with van der Waals surface area (Å²) in [6, 6.07) is 9.08. The lowest BCUT2D eigenvalue weighted by Gasteiger charge is -2.31. The summed E-state index contributed by atoms with van der Waals surface area (Å²) in [4.78, 5) is 17.2. The Balaban J connectivity index is 1.44. The number of carbonyl (C=O) groups is 1. The van der Waals surface area contributed by atoms with Crippen molar-refractivity contribution in [2.75, 3.05) is 36.4 Å². The zero-order valence-corrected chi connectivity index (χ0v) is 15.1. The SMILES string of the molecule is CCN(CC)c1ccc(NC(=O)CC2CCN(C3CC3)CC2)cc1. The number of amides is 1. The van der Waals surface area contributed by atoms with Crippen LogP contribution in [0.5, 0.6) is 0 Å². The number of rotatable bonds is 7. The summed E-state index contributed by atoms with van der Waals surface area (Å²) in [5, 5.41) is 3.07. The van der Waals surface area contributed by atoms with Crippen LogP contribution in [0.1, 0.15) is 46.0 Å². The maximum atomic E-state index is 12.3. The van der Waals surface area contributed by atoms with Gasteiger partial charge in [0.05, 0.1) is 0 Å². The molecule has 1 aromatic rings. The van der Waals surface area contributed by atoms with Crippen LogP contribution in [0.3, 0.4) is 0 Å². The van der Waals surface area contributed by atoms with Crippen molar-refractivity contribution in [3.8, 4) is 0 Å². The first-order chi connectivity index (χ1) is 11.7. The summed E-state index contributed by atoms with van der Waals surface area (Å²) in [5.74, 6) is 0.713. The largest absolute Gasteiger partial charge is 0.372 e. The van der Waals surface area contributed by atoms with Crippen LogP contribution in [0.15, 0.2) is 24.3 Å². The first-order valence-corrected chi connectivity index (χ1v) is 9.58. The van der Waals surface area contributed by atoms with E-state index in [-0.39, 0.29) is 5.91 Å². The van der Waals surface area contributed by atoms with Gasteiger partial charge in [-0.1, -0.05) is 0 Å². The minimum Gasteiger partial charge on any atom is -0.372 e. The number of carbonyl (C=O) groups excluding carboxylic acids is 1. The molecule has 2 aliphatic rings. The van der Waals surface area contributed by atoms with E-state index in [0.717, 1.165) is 24.8 Å². The van der Waals surface area contributed by atoms with Crippen molar-refractivity contribution >= 4 is 17.3 Å². The average molecular weight is 329 g/mol. The fourth-order valence-corrected chi connectivity index (χ4v) is 3.78. The Morgan fingerprint density at radius 1 is 1.08 bits per heavy atom. The first-order valence-electron chi connectivity index (χ1n) is 9.58. The van der Waals surface area contributed by atoms with Crippen LogP contribution in [-0.2, 0) is 4.79 Å². The smallest absolute Gasteiger partial charge is 0.224 e. The standard InChI is InChI=1S/C20H31N3O/c1-3-22(4-2)18-7-5-17(6-8-18)21-20(24)15-16-11-13-23(14-12-16)19-9-10-19/h5-8,16,19H,3-4,9-15H2,1-2H3,(H,21,24). The molecule has 1 saturated heterocycles. The van der Waals surface area contributed by atoms with Crippen LogP contribution < -0.4 is 10.2 Å². The third-order valence-electron chi connectivity index (χ3n) is 5.47. The van der Waals surface area contributed by atoms with Crippen molar-refractivity contribution < 1.29 is 4.79 Å². The Morgan fingerprint density at radius 3 is 2.25 bits per heavy atom. The first kappa shape index (κ1) is 17.3. The summed E-state index contributed by atoms with van der Waals surface area (Å²) in [5.41, 5.74) is 2.12. The maximum absolute atomic E-state index is 12.3. The lowest BCUT2D eigenvalue weighted by Crippen LogP contribution is -2.36. The predicted octanol–water partition coefficient (Wildman–Crippen LogP) is 3.74. The molecular formula is C20H31N3O. The van der Waals surface area contributed by atoms with Crippen molar-refractivity contribution in [1.82, 2.24) is 4.90 Å². The summed E-state index contributed by atoms with van der Waals surface area (Å²) < 4.78 is 0. The fourth-order valence-electron chi connectivity index (χ4n) is 3.78. The van der Waals surface area contributed by atoms with Gasteiger partial charge in [0.15, 0.2) is 0 Å². The van der Waals surface area contributed by atoms with E-state index in [1.807, 2.05) is 12.1 Å². The molecule has 132 valence electrons. The van der Waals surface area contributed by atoms with E-state index in [1.54, 1.807) is 0 Å². The lowest BCUT2D eigenvalue weighted by atomic mass is 9.93. The Kier molecular flexibility index (Phi) is 5.77. The van der Waals surface area contributed by atoms with Crippen LogP contribution in [0.4, 0.5) is 11.4 Å². The zero-order valence-electron chi connectivity index (χ0n) is 15.1. The van der Waals surface area contributed by atoms with Crippen molar-refractivity contribution in [3.63, 3.8) is 0 Å². The van der Waals surface area contributed by atoms with Crippen molar-refractivity contribution in [1.29, 1.82) is 0 Å². The van der Waals surface area contributed by atoms with E-state index in [0.29, 0.717) is 12.3 Å². The van der Waals surface area contributed by atoms with Gasteiger partial charge in [0, 0.05) is 36.9 Å². The molecule has 0 bridgehead atoms. The van der Waals surface area contributed by atoms with Gasteiger partial charge in [0.25, 0.3) is 0 Å². The molecule has 1 aromatic carbocycles. The highest BCUT2D eigenvalue weighted by Gasteiger charge is 2.32. The van der Waals surface area contributed by atoms with Gasteiger partial charge in [-0.05, 0) is 82.8 Å². The molecule has 3 rings (SSSR count). The minimum atomic E-state index is 0.162. The molecule has 24 heavy (non-hydrogen) atoms. The summed E-state index contributed by atoms with van der Waals surface area (Å²) in [7, 11) is 0. The number of piperidine rings is 1. The number of nitrogens with one attached hydrogen (secondary N) is 1. The van der Waals surface area contributed by atoms with Gasteiger partial charge < -0.3 is 15.1 Å². The Hall–Kier alpha value is -1.55. The van der Waals surface area contributed by atoms with Crippen molar-refractivity contribution in [2.24, 2.45) is 5.92 Å². The normalized spacial score (nSPS) is 19.2. The molecule has 4 nitrogen and oxygen atoms in total. The second kappa shape index (κ2) is 8.02. The van der Waals surface area contributed by atoms with Crippen LogP contribution in [0.2, 0.25) is 0 Å². The van der Waals surface area contributed by atoms with Gasteiger partial charge in [-0.15, -0.1) is 0 Å². The Labute approximate surface area is 146 Å². The van der Waals surface area contributed by atoms with Gasteiger partial charge in [0.1, 0.15) is 0 Å². The molecule has 0 atom stereocenters. The second-order valence-electron chi connectivity index (χ2n) is 7.18. The van der Waals surface area contributed by atoms with Crippen molar-refractivity contribution in [2.45, 2.75) is 52.0 Å². The predicted molar refractivity (Wildman–Crippen MR) is 101 cm³/mol. The second-order valence-corrected chi connectivity index (χ2v) is 7.18. The van der Waals surface area contributed by atoms with E-state index in [9.17, 15) is 4.79 Å². The highest BCUT2D eigenvalue weighted by atomic mass is 16.1. The Bertz CT molecular complexity index is 526. The highest BCUT2D eigenvalue weighted by Crippen LogP contribution is 2.31. The molecular weight excluding hydrogens is 298 g/mol. The van der Waals surface area contributed by atoms with Gasteiger partial charge in [0.2, 0.25) is 5.91 Å². The Morgan fingerprint density at radius 2 is 1.71 bits per heavy atom. The highest BCUT2D eigenvalue weighted by molar-refractivity contribution is 5.91.